The highest BCUT2D eigenvalue weighted by molar-refractivity contribution is 6.32. The number of rotatable bonds is 4. The predicted molar refractivity (Wildman–Crippen MR) is 80.9 cm³/mol. The standard InChI is InChI=1S/C16H9ClFN3O/c17-15-7-13(21-10-11(8-19)9-20)4-5-16(15)22-14-3-1-2-12(18)6-14/h1-7,10,21H. The Hall–Kier alpha value is -3.02. The third-order valence-electron chi connectivity index (χ3n) is 2.58. The SMILES string of the molecule is N#CC(C#N)=CNc1ccc(Oc2cccc(F)c2)c(Cl)c1. The quantitative estimate of drug-likeness (QED) is 0.836. The van der Waals surface area contributed by atoms with E-state index in [1.165, 1.54) is 24.4 Å². The van der Waals surface area contributed by atoms with Crippen LogP contribution in [0.4, 0.5) is 10.1 Å². The first-order valence-electron chi connectivity index (χ1n) is 6.12. The van der Waals surface area contributed by atoms with Crippen molar-refractivity contribution in [1.82, 2.24) is 0 Å². The number of anilines is 1. The summed E-state index contributed by atoms with van der Waals surface area (Å²) < 4.78 is 18.6. The minimum Gasteiger partial charge on any atom is -0.456 e. The number of nitrogens with one attached hydrogen (secondary N) is 1. The molecular weight excluding hydrogens is 305 g/mol. The Labute approximate surface area is 131 Å². The monoisotopic (exact) mass is 313 g/mol. The molecule has 0 aromatic heterocycles. The molecule has 1 N–H and O–H groups in total. The van der Waals surface area contributed by atoms with Crippen molar-refractivity contribution < 1.29 is 9.13 Å². The molecule has 0 spiro atoms. The van der Waals surface area contributed by atoms with Gasteiger partial charge in [0.15, 0.2) is 0 Å². The molecule has 0 fully saturated rings. The molecule has 4 nitrogen and oxygen atoms in total. The number of allylic oxidation sites excluding steroid dienone is 1. The Bertz CT molecular complexity index is 790. The second-order valence-electron chi connectivity index (χ2n) is 4.13. The van der Waals surface area contributed by atoms with Gasteiger partial charge < -0.3 is 10.1 Å². The molecule has 0 radical (unpaired) electrons. The Morgan fingerprint density at radius 2 is 1.95 bits per heavy atom. The summed E-state index contributed by atoms with van der Waals surface area (Å²) in [7, 11) is 0. The summed E-state index contributed by atoms with van der Waals surface area (Å²) in [5.74, 6) is 0.291. The molecular formula is C16H9ClFN3O. The van der Waals surface area contributed by atoms with Crippen molar-refractivity contribution in [1.29, 1.82) is 10.5 Å². The average molecular weight is 314 g/mol. The molecule has 0 saturated carbocycles. The van der Waals surface area contributed by atoms with Crippen molar-refractivity contribution in [2.24, 2.45) is 0 Å². The molecule has 108 valence electrons. The van der Waals surface area contributed by atoms with Crippen LogP contribution in [-0.2, 0) is 0 Å². The van der Waals surface area contributed by atoms with Crippen LogP contribution in [0.1, 0.15) is 0 Å². The van der Waals surface area contributed by atoms with Crippen LogP contribution in [0.15, 0.2) is 54.2 Å². The topological polar surface area (TPSA) is 68.8 Å². The fourth-order valence-electron chi connectivity index (χ4n) is 1.58. The van der Waals surface area contributed by atoms with Crippen LogP contribution in [0.3, 0.4) is 0 Å². The maximum atomic E-state index is 13.1. The number of nitrogens with zero attached hydrogens (tertiary/aromatic N) is 2. The second kappa shape index (κ2) is 7.12. The number of hydrogen-bond donors (Lipinski definition) is 1. The summed E-state index contributed by atoms with van der Waals surface area (Å²) in [4.78, 5) is 0. The molecule has 2 aromatic carbocycles. The molecule has 0 aliphatic heterocycles. The number of benzene rings is 2. The number of halogens is 2. The first kappa shape index (κ1) is 15.4. The lowest BCUT2D eigenvalue weighted by Gasteiger charge is -2.09. The lowest BCUT2D eigenvalue weighted by molar-refractivity contribution is 0.477. The normalized spacial score (nSPS) is 9.27. The van der Waals surface area contributed by atoms with Gasteiger partial charge in [0.1, 0.15) is 35.0 Å². The number of nitriles is 2. The fourth-order valence-corrected chi connectivity index (χ4v) is 1.80. The minimum absolute atomic E-state index is 0.0591. The van der Waals surface area contributed by atoms with Gasteiger partial charge in [-0.1, -0.05) is 17.7 Å². The van der Waals surface area contributed by atoms with Gasteiger partial charge in [0.05, 0.1) is 5.02 Å². The molecule has 22 heavy (non-hydrogen) atoms. The van der Waals surface area contributed by atoms with E-state index >= 15 is 0 Å². The lowest BCUT2D eigenvalue weighted by Crippen LogP contribution is -1.91. The molecule has 6 heteroatoms. The van der Waals surface area contributed by atoms with E-state index in [1.807, 2.05) is 0 Å². The van der Waals surface area contributed by atoms with Gasteiger partial charge in [-0.05, 0) is 30.3 Å². The molecule has 0 heterocycles. The van der Waals surface area contributed by atoms with Crippen LogP contribution in [0.2, 0.25) is 5.02 Å². The van der Waals surface area contributed by atoms with Gasteiger partial charge >= 0.3 is 0 Å². The van der Waals surface area contributed by atoms with Crippen LogP contribution >= 0.6 is 11.6 Å². The highest BCUT2D eigenvalue weighted by atomic mass is 35.5. The highest BCUT2D eigenvalue weighted by Crippen LogP contribution is 2.31. The molecule has 0 aliphatic carbocycles. The third-order valence-corrected chi connectivity index (χ3v) is 2.88. The molecule has 2 rings (SSSR count). The lowest BCUT2D eigenvalue weighted by atomic mass is 10.3. The summed E-state index contributed by atoms with van der Waals surface area (Å²) in [5, 5.41) is 20.3. The van der Waals surface area contributed by atoms with Crippen molar-refractivity contribution in [3.05, 3.63) is 65.1 Å². The van der Waals surface area contributed by atoms with Gasteiger partial charge in [-0.3, -0.25) is 0 Å². The summed E-state index contributed by atoms with van der Waals surface area (Å²) in [6.07, 6.45) is 1.28. The summed E-state index contributed by atoms with van der Waals surface area (Å²) >= 11 is 6.09. The van der Waals surface area contributed by atoms with Gasteiger partial charge in [0.25, 0.3) is 0 Å². The average Bonchev–Trinajstić information content (AvgIpc) is 2.51. The maximum absolute atomic E-state index is 13.1. The van der Waals surface area contributed by atoms with Gasteiger partial charge in [-0.25, -0.2) is 4.39 Å². The van der Waals surface area contributed by atoms with Gasteiger partial charge in [0, 0.05) is 18.0 Å². The Balaban J connectivity index is 2.15. The minimum atomic E-state index is -0.405. The van der Waals surface area contributed by atoms with E-state index in [2.05, 4.69) is 5.32 Å². The zero-order valence-corrected chi connectivity index (χ0v) is 11.9. The van der Waals surface area contributed by atoms with Crippen LogP contribution in [-0.4, -0.2) is 0 Å². The van der Waals surface area contributed by atoms with Gasteiger partial charge in [-0.2, -0.15) is 10.5 Å². The fraction of sp³-hybridized carbons (Fsp3) is 0. The Kier molecular flexibility index (Phi) is 4.98. The van der Waals surface area contributed by atoms with E-state index in [9.17, 15) is 4.39 Å². The predicted octanol–water partition coefficient (Wildman–Crippen LogP) is 4.61. The Morgan fingerprint density at radius 3 is 2.59 bits per heavy atom. The molecule has 0 bridgehead atoms. The first-order valence-corrected chi connectivity index (χ1v) is 6.50. The summed E-state index contributed by atoms with van der Waals surface area (Å²) in [5.41, 5.74) is 0.524. The van der Waals surface area contributed by atoms with Crippen LogP contribution < -0.4 is 10.1 Å². The molecule has 0 atom stereocenters. The van der Waals surface area contributed by atoms with Gasteiger partial charge in [0.2, 0.25) is 0 Å². The van der Waals surface area contributed by atoms with E-state index < -0.39 is 5.82 Å². The van der Waals surface area contributed by atoms with E-state index in [0.29, 0.717) is 22.2 Å². The molecule has 0 unspecified atom stereocenters. The van der Waals surface area contributed by atoms with Crippen LogP contribution in [0.5, 0.6) is 11.5 Å². The van der Waals surface area contributed by atoms with E-state index in [1.54, 1.807) is 36.4 Å². The Morgan fingerprint density at radius 1 is 1.18 bits per heavy atom. The van der Waals surface area contributed by atoms with E-state index in [-0.39, 0.29) is 5.57 Å². The third kappa shape index (κ3) is 3.99. The van der Waals surface area contributed by atoms with Gasteiger partial charge in [-0.15, -0.1) is 0 Å². The zero-order valence-electron chi connectivity index (χ0n) is 11.2. The summed E-state index contributed by atoms with van der Waals surface area (Å²) in [6, 6.07) is 14.0. The van der Waals surface area contributed by atoms with Crippen molar-refractivity contribution >= 4 is 17.3 Å². The molecule has 0 aliphatic rings. The van der Waals surface area contributed by atoms with E-state index in [0.717, 1.165) is 0 Å². The maximum Gasteiger partial charge on any atom is 0.146 e. The molecule has 0 amide bonds. The van der Waals surface area contributed by atoms with Crippen molar-refractivity contribution in [2.75, 3.05) is 5.32 Å². The van der Waals surface area contributed by atoms with Crippen LogP contribution in [0, 0.1) is 28.5 Å². The second-order valence-corrected chi connectivity index (χ2v) is 4.54. The number of hydrogen-bond acceptors (Lipinski definition) is 4. The van der Waals surface area contributed by atoms with E-state index in [4.69, 9.17) is 26.9 Å². The van der Waals surface area contributed by atoms with Crippen molar-refractivity contribution in [2.45, 2.75) is 0 Å². The summed E-state index contributed by atoms with van der Waals surface area (Å²) in [6.45, 7) is 0. The smallest absolute Gasteiger partial charge is 0.146 e. The largest absolute Gasteiger partial charge is 0.456 e. The van der Waals surface area contributed by atoms with Crippen LogP contribution in [0.25, 0.3) is 0 Å². The highest BCUT2D eigenvalue weighted by Gasteiger charge is 2.05. The van der Waals surface area contributed by atoms with Crippen molar-refractivity contribution in [3.8, 4) is 23.6 Å². The van der Waals surface area contributed by atoms with Crippen molar-refractivity contribution in [3.63, 3.8) is 0 Å². The number of ether oxygens (including phenoxy) is 1. The zero-order chi connectivity index (χ0) is 15.9. The first-order chi connectivity index (χ1) is 10.6. The molecule has 2 aromatic rings. The molecule has 0 saturated heterocycles.